The Kier molecular flexibility index (Phi) is 4.02. The van der Waals surface area contributed by atoms with E-state index in [4.69, 9.17) is 11.6 Å². The minimum atomic E-state index is -0.493. The van der Waals surface area contributed by atoms with Gasteiger partial charge in [0.1, 0.15) is 5.69 Å². The van der Waals surface area contributed by atoms with Crippen molar-refractivity contribution >= 4 is 55.9 Å². The zero-order chi connectivity index (χ0) is 9.14. The minimum absolute atomic E-state index is 0.361. The summed E-state index contributed by atoms with van der Waals surface area (Å²) in [6.45, 7) is 2.01. The molecule has 0 radical (unpaired) electrons. The normalized spacial score (nSPS) is 10.2. The van der Waals surface area contributed by atoms with E-state index in [2.05, 4.69) is 20.9 Å². The van der Waals surface area contributed by atoms with Crippen molar-refractivity contribution in [2.45, 2.75) is 11.1 Å². The van der Waals surface area contributed by atoms with E-state index in [0.29, 0.717) is 9.61 Å². The molecule has 1 heterocycles. The van der Waals surface area contributed by atoms with Crippen LogP contribution in [0.1, 0.15) is 17.4 Å². The molecule has 6 heteroatoms. The molecular weight excluding hydrogens is 282 g/mol. The van der Waals surface area contributed by atoms with Crippen LogP contribution in [0.25, 0.3) is 0 Å². The van der Waals surface area contributed by atoms with E-state index in [1.165, 1.54) is 11.3 Å². The second kappa shape index (κ2) is 4.60. The number of carbonyl (C=O) groups is 1. The molecule has 1 rings (SSSR count). The lowest BCUT2D eigenvalue weighted by Gasteiger charge is -1.92. The van der Waals surface area contributed by atoms with Gasteiger partial charge in [0.05, 0.1) is 4.21 Å². The van der Waals surface area contributed by atoms with Gasteiger partial charge < -0.3 is 0 Å². The van der Waals surface area contributed by atoms with Gasteiger partial charge in [-0.15, -0.1) is 11.8 Å². The number of thioether (sulfide) groups is 1. The molecule has 0 aliphatic rings. The molecule has 66 valence electrons. The highest BCUT2D eigenvalue weighted by molar-refractivity contribution is 9.11. The van der Waals surface area contributed by atoms with E-state index in [1.807, 2.05) is 6.92 Å². The van der Waals surface area contributed by atoms with Crippen LogP contribution in [0.4, 0.5) is 0 Å². The smallest absolute Gasteiger partial charge is 0.272 e. The topological polar surface area (TPSA) is 30.0 Å². The number of hydrogen-bond donors (Lipinski definition) is 0. The van der Waals surface area contributed by atoms with Gasteiger partial charge in [0.15, 0.2) is 3.92 Å². The van der Waals surface area contributed by atoms with E-state index < -0.39 is 5.24 Å². The van der Waals surface area contributed by atoms with Gasteiger partial charge in [-0.05, 0) is 33.3 Å². The predicted molar refractivity (Wildman–Crippen MR) is 56.4 cm³/mol. The van der Waals surface area contributed by atoms with Crippen LogP contribution >= 0.6 is 50.6 Å². The first-order valence-electron chi connectivity index (χ1n) is 3.14. The maximum Gasteiger partial charge on any atom is 0.272 e. The van der Waals surface area contributed by atoms with Gasteiger partial charge in [-0.2, -0.15) is 0 Å². The molecule has 0 atom stereocenters. The molecule has 0 amide bonds. The standard InChI is InChI=1S/C6H5BrClNOS2/c1-2-11-5-3(4(8)10)9-6(7)12-5/h2H2,1H3. The molecule has 0 aromatic carbocycles. The molecule has 12 heavy (non-hydrogen) atoms. The molecule has 0 aliphatic carbocycles. The molecule has 0 saturated heterocycles. The maximum atomic E-state index is 10.8. The molecule has 2 nitrogen and oxygen atoms in total. The first kappa shape index (κ1) is 10.5. The Labute approximate surface area is 91.8 Å². The van der Waals surface area contributed by atoms with Gasteiger partial charge in [-0.25, -0.2) is 4.98 Å². The number of carbonyl (C=O) groups excluding carboxylic acids is 1. The van der Waals surface area contributed by atoms with Crippen molar-refractivity contribution < 1.29 is 4.79 Å². The molecular formula is C6H5BrClNOS2. The lowest BCUT2D eigenvalue weighted by atomic mass is 10.6. The van der Waals surface area contributed by atoms with Crippen molar-refractivity contribution in [2.75, 3.05) is 5.75 Å². The summed E-state index contributed by atoms with van der Waals surface area (Å²) in [5.74, 6) is 0.909. The third-order valence-electron chi connectivity index (χ3n) is 1.03. The summed E-state index contributed by atoms with van der Waals surface area (Å²) in [5.41, 5.74) is 0.361. The molecule has 1 aromatic rings. The second-order valence-corrected chi connectivity index (χ2v) is 5.96. The van der Waals surface area contributed by atoms with E-state index in [9.17, 15) is 4.79 Å². The minimum Gasteiger partial charge on any atom is -0.274 e. The average Bonchev–Trinajstić information content (AvgIpc) is 2.32. The summed E-state index contributed by atoms with van der Waals surface area (Å²) in [6.07, 6.45) is 0. The second-order valence-electron chi connectivity index (χ2n) is 1.81. The fraction of sp³-hybridized carbons (Fsp3) is 0.333. The molecule has 0 bridgehead atoms. The molecule has 0 fully saturated rings. The van der Waals surface area contributed by atoms with Gasteiger partial charge in [0.2, 0.25) is 0 Å². The Morgan fingerprint density at radius 3 is 3.00 bits per heavy atom. The molecule has 0 N–H and O–H groups in total. The fourth-order valence-corrected chi connectivity index (χ4v) is 3.76. The summed E-state index contributed by atoms with van der Waals surface area (Å²) in [5, 5.41) is -0.493. The average molecular weight is 287 g/mol. The number of thiazole rings is 1. The first-order chi connectivity index (χ1) is 5.65. The maximum absolute atomic E-state index is 10.8. The number of hydrogen-bond acceptors (Lipinski definition) is 4. The fourth-order valence-electron chi connectivity index (χ4n) is 0.634. The summed E-state index contributed by atoms with van der Waals surface area (Å²) in [6, 6.07) is 0. The Morgan fingerprint density at radius 2 is 2.50 bits per heavy atom. The van der Waals surface area contributed by atoms with E-state index in [1.54, 1.807) is 11.8 Å². The molecule has 0 unspecified atom stereocenters. The number of aromatic nitrogens is 1. The van der Waals surface area contributed by atoms with Crippen LogP contribution in [-0.4, -0.2) is 16.0 Å². The lowest BCUT2D eigenvalue weighted by molar-refractivity contribution is 0.107. The van der Waals surface area contributed by atoms with E-state index >= 15 is 0 Å². The molecule has 0 saturated carbocycles. The van der Waals surface area contributed by atoms with Crippen molar-refractivity contribution in [3.8, 4) is 0 Å². The first-order valence-corrected chi connectivity index (χ1v) is 6.11. The van der Waals surface area contributed by atoms with Crippen LogP contribution in [0.2, 0.25) is 0 Å². The van der Waals surface area contributed by atoms with Gasteiger partial charge in [0, 0.05) is 0 Å². The van der Waals surface area contributed by atoms with Crippen molar-refractivity contribution in [2.24, 2.45) is 0 Å². The largest absolute Gasteiger partial charge is 0.274 e. The Morgan fingerprint density at radius 1 is 1.83 bits per heavy atom. The van der Waals surface area contributed by atoms with Crippen LogP contribution in [0, 0.1) is 0 Å². The quantitative estimate of drug-likeness (QED) is 0.630. The third-order valence-corrected chi connectivity index (χ3v) is 3.86. The Bertz CT molecular complexity index is 302. The van der Waals surface area contributed by atoms with Crippen molar-refractivity contribution in [3.63, 3.8) is 0 Å². The SMILES string of the molecule is CCSc1sc(Br)nc1C(=O)Cl. The lowest BCUT2D eigenvalue weighted by Crippen LogP contribution is -1.90. The van der Waals surface area contributed by atoms with E-state index in [-0.39, 0.29) is 0 Å². The zero-order valence-electron chi connectivity index (χ0n) is 6.13. The summed E-state index contributed by atoms with van der Waals surface area (Å²) < 4.78 is 1.58. The summed E-state index contributed by atoms with van der Waals surface area (Å²) in [4.78, 5) is 14.8. The number of halogens is 2. The molecule has 0 spiro atoms. The van der Waals surface area contributed by atoms with Crippen molar-refractivity contribution in [3.05, 3.63) is 9.61 Å². The molecule has 0 aliphatic heterocycles. The zero-order valence-corrected chi connectivity index (χ0v) is 10.1. The van der Waals surface area contributed by atoms with Crippen LogP contribution in [0.5, 0.6) is 0 Å². The Balaban J connectivity index is 2.99. The van der Waals surface area contributed by atoms with E-state index in [0.717, 1.165) is 9.96 Å². The van der Waals surface area contributed by atoms with Crippen LogP contribution in [-0.2, 0) is 0 Å². The predicted octanol–water partition coefficient (Wildman–Crippen LogP) is 3.40. The highest BCUT2D eigenvalue weighted by Crippen LogP contribution is 2.32. The number of nitrogens with zero attached hydrogens (tertiary/aromatic N) is 1. The highest BCUT2D eigenvalue weighted by Gasteiger charge is 2.14. The van der Waals surface area contributed by atoms with Crippen molar-refractivity contribution in [1.82, 2.24) is 4.98 Å². The van der Waals surface area contributed by atoms with Crippen LogP contribution < -0.4 is 0 Å². The third kappa shape index (κ3) is 2.45. The molecule has 1 aromatic heterocycles. The van der Waals surface area contributed by atoms with Gasteiger partial charge in [0.25, 0.3) is 5.24 Å². The van der Waals surface area contributed by atoms with Gasteiger partial charge in [-0.1, -0.05) is 18.3 Å². The Hall–Kier alpha value is 0.420. The van der Waals surface area contributed by atoms with Crippen LogP contribution in [0.15, 0.2) is 8.13 Å². The summed E-state index contributed by atoms with van der Waals surface area (Å²) >= 11 is 11.5. The van der Waals surface area contributed by atoms with Gasteiger partial charge >= 0.3 is 0 Å². The van der Waals surface area contributed by atoms with Gasteiger partial charge in [-0.3, -0.25) is 4.79 Å². The van der Waals surface area contributed by atoms with Crippen molar-refractivity contribution in [1.29, 1.82) is 0 Å². The monoisotopic (exact) mass is 285 g/mol. The summed E-state index contributed by atoms with van der Waals surface area (Å²) in [7, 11) is 0. The number of rotatable bonds is 3. The van der Waals surface area contributed by atoms with Crippen LogP contribution in [0.3, 0.4) is 0 Å². The highest BCUT2D eigenvalue weighted by atomic mass is 79.9.